The van der Waals surface area contributed by atoms with E-state index in [9.17, 15) is 4.79 Å². The Morgan fingerprint density at radius 3 is 2.16 bits per heavy atom. The summed E-state index contributed by atoms with van der Waals surface area (Å²) in [6.45, 7) is 14.7. The van der Waals surface area contributed by atoms with E-state index in [1.807, 2.05) is 27.7 Å². The van der Waals surface area contributed by atoms with E-state index in [1.165, 1.54) is 0 Å². The van der Waals surface area contributed by atoms with Crippen LogP contribution in [0.1, 0.15) is 61.3 Å². The average molecular weight is 271 g/mol. The highest BCUT2D eigenvalue weighted by molar-refractivity contribution is 5.69. The molecule has 1 fully saturated rings. The van der Waals surface area contributed by atoms with Crippen molar-refractivity contribution in [2.24, 2.45) is 5.41 Å². The van der Waals surface area contributed by atoms with E-state index in [0.29, 0.717) is 6.61 Å². The summed E-state index contributed by atoms with van der Waals surface area (Å²) in [5.74, 6) is 0. The van der Waals surface area contributed by atoms with Crippen LogP contribution in [0.4, 0.5) is 4.79 Å². The maximum absolute atomic E-state index is 12.4. The molecule has 0 spiro atoms. The second kappa shape index (κ2) is 5.70. The lowest BCUT2D eigenvalue weighted by molar-refractivity contribution is -0.0666. The van der Waals surface area contributed by atoms with Crippen LogP contribution in [-0.4, -0.2) is 35.5 Å². The summed E-state index contributed by atoms with van der Waals surface area (Å²) in [5.41, 5.74) is -0.443. The minimum absolute atomic E-state index is 0.0305. The summed E-state index contributed by atoms with van der Waals surface area (Å²) >= 11 is 0. The van der Waals surface area contributed by atoms with Crippen molar-refractivity contribution in [3.05, 3.63) is 0 Å². The van der Waals surface area contributed by atoms with Gasteiger partial charge in [0.1, 0.15) is 11.8 Å². The fourth-order valence-corrected chi connectivity index (χ4v) is 2.55. The quantitative estimate of drug-likeness (QED) is 0.767. The molecule has 1 amide bonds. The van der Waals surface area contributed by atoms with Gasteiger partial charge in [-0.15, -0.1) is 0 Å². The number of carbonyl (C=O) groups excluding carboxylic acids is 1. The number of carbonyl (C=O) groups is 1. The maximum Gasteiger partial charge on any atom is 0.412 e. The summed E-state index contributed by atoms with van der Waals surface area (Å²) in [5, 5.41) is 0. The first-order chi connectivity index (χ1) is 8.56. The van der Waals surface area contributed by atoms with Crippen LogP contribution < -0.4 is 0 Å². The first kappa shape index (κ1) is 16.3. The van der Waals surface area contributed by atoms with Gasteiger partial charge in [-0.25, -0.2) is 4.79 Å². The molecule has 112 valence electrons. The molecule has 19 heavy (non-hydrogen) atoms. The number of rotatable bonds is 2. The normalized spacial score (nSPS) is 24.7. The zero-order chi connectivity index (χ0) is 14.8. The van der Waals surface area contributed by atoms with Crippen molar-refractivity contribution < 1.29 is 14.3 Å². The molecule has 1 rings (SSSR count). The van der Waals surface area contributed by atoms with E-state index in [2.05, 4.69) is 20.8 Å². The van der Waals surface area contributed by atoms with Gasteiger partial charge in [0.2, 0.25) is 0 Å². The summed E-state index contributed by atoms with van der Waals surface area (Å²) < 4.78 is 11.2. The van der Waals surface area contributed by atoms with Crippen molar-refractivity contribution in [1.82, 2.24) is 4.90 Å². The number of nitrogens with zero attached hydrogens (tertiary/aromatic N) is 1. The van der Waals surface area contributed by atoms with E-state index in [1.54, 1.807) is 4.90 Å². The van der Waals surface area contributed by atoms with Crippen LogP contribution in [0.2, 0.25) is 0 Å². The Bertz CT molecular complexity index is 314. The Kier molecular flexibility index (Phi) is 4.88. The topological polar surface area (TPSA) is 38.8 Å². The molecule has 0 aromatic heterocycles. The third-order valence-corrected chi connectivity index (χ3v) is 3.30. The van der Waals surface area contributed by atoms with Crippen LogP contribution in [0.3, 0.4) is 0 Å². The third kappa shape index (κ3) is 4.37. The molecule has 4 heteroatoms. The molecule has 1 heterocycles. The molecule has 0 aliphatic carbocycles. The van der Waals surface area contributed by atoms with Gasteiger partial charge in [-0.3, -0.25) is 4.90 Å². The molecule has 0 saturated carbocycles. The fraction of sp³-hybridized carbons (Fsp3) is 0.933. The lowest BCUT2D eigenvalue weighted by Gasteiger charge is -2.38. The van der Waals surface area contributed by atoms with E-state index in [-0.39, 0.29) is 23.8 Å². The largest absolute Gasteiger partial charge is 0.444 e. The first-order valence-electron chi connectivity index (χ1n) is 7.19. The maximum atomic E-state index is 12.4. The van der Waals surface area contributed by atoms with Gasteiger partial charge in [-0.1, -0.05) is 20.8 Å². The number of ether oxygens (including phenoxy) is 2. The van der Waals surface area contributed by atoms with Crippen LogP contribution in [-0.2, 0) is 9.47 Å². The summed E-state index contributed by atoms with van der Waals surface area (Å²) in [6, 6.07) is 0.166. The molecule has 0 aromatic carbocycles. The van der Waals surface area contributed by atoms with Crippen molar-refractivity contribution >= 4 is 6.09 Å². The molecule has 0 aromatic rings. The standard InChI is InChI=1S/C15H29NO3/c1-8-18-12-10-9-11(14(2,3)4)16(12)13(17)19-15(5,6)7/h11-12H,8-10H2,1-7H3/t11-,12?/m0/s1. The minimum atomic E-state index is -0.473. The van der Waals surface area contributed by atoms with E-state index in [4.69, 9.17) is 9.47 Å². The Labute approximate surface area is 117 Å². The van der Waals surface area contributed by atoms with Crippen molar-refractivity contribution in [2.45, 2.75) is 79.2 Å². The second-order valence-corrected chi connectivity index (χ2v) is 7.26. The lowest BCUT2D eigenvalue weighted by Crippen LogP contribution is -2.49. The molecule has 1 saturated heterocycles. The van der Waals surface area contributed by atoms with Gasteiger partial charge in [-0.2, -0.15) is 0 Å². The number of likely N-dealkylation sites (tertiary alicyclic amines) is 1. The van der Waals surface area contributed by atoms with Crippen molar-refractivity contribution in [3.8, 4) is 0 Å². The molecule has 1 aliphatic heterocycles. The average Bonchev–Trinajstić information content (AvgIpc) is 2.58. The first-order valence-corrected chi connectivity index (χ1v) is 7.19. The summed E-state index contributed by atoms with van der Waals surface area (Å²) in [7, 11) is 0. The third-order valence-electron chi connectivity index (χ3n) is 3.30. The fourth-order valence-electron chi connectivity index (χ4n) is 2.55. The zero-order valence-electron chi connectivity index (χ0n) is 13.4. The Morgan fingerprint density at radius 2 is 1.74 bits per heavy atom. The summed E-state index contributed by atoms with van der Waals surface area (Å²) in [4.78, 5) is 14.2. The monoisotopic (exact) mass is 271 g/mol. The molecule has 1 aliphatic rings. The Balaban J connectivity index is 2.89. The number of hydrogen-bond donors (Lipinski definition) is 0. The van der Waals surface area contributed by atoms with Crippen LogP contribution in [0.5, 0.6) is 0 Å². The van der Waals surface area contributed by atoms with Crippen molar-refractivity contribution in [1.29, 1.82) is 0 Å². The highest BCUT2D eigenvalue weighted by atomic mass is 16.6. The lowest BCUT2D eigenvalue weighted by atomic mass is 9.85. The molecule has 0 N–H and O–H groups in total. The van der Waals surface area contributed by atoms with Crippen molar-refractivity contribution in [2.75, 3.05) is 6.61 Å². The predicted octanol–water partition coefficient (Wildman–Crippen LogP) is 3.79. The van der Waals surface area contributed by atoms with Gasteiger partial charge in [-0.05, 0) is 46.0 Å². The van der Waals surface area contributed by atoms with Crippen LogP contribution >= 0.6 is 0 Å². The smallest absolute Gasteiger partial charge is 0.412 e. The van der Waals surface area contributed by atoms with Crippen LogP contribution in [0.15, 0.2) is 0 Å². The van der Waals surface area contributed by atoms with Gasteiger partial charge in [0.05, 0.1) is 0 Å². The predicted molar refractivity (Wildman–Crippen MR) is 76.0 cm³/mol. The molecule has 0 radical (unpaired) electrons. The van der Waals surface area contributed by atoms with Crippen molar-refractivity contribution in [3.63, 3.8) is 0 Å². The number of amides is 1. The molecular weight excluding hydrogens is 242 g/mol. The Hall–Kier alpha value is -0.770. The Morgan fingerprint density at radius 1 is 1.16 bits per heavy atom. The van der Waals surface area contributed by atoms with Gasteiger partial charge < -0.3 is 9.47 Å². The molecule has 1 unspecified atom stereocenters. The van der Waals surface area contributed by atoms with Gasteiger partial charge in [0.15, 0.2) is 0 Å². The molecule has 2 atom stereocenters. The minimum Gasteiger partial charge on any atom is -0.444 e. The highest BCUT2D eigenvalue weighted by Gasteiger charge is 2.44. The van der Waals surface area contributed by atoms with Crippen LogP contribution in [0.25, 0.3) is 0 Å². The van der Waals surface area contributed by atoms with E-state index >= 15 is 0 Å². The van der Waals surface area contributed by atoms with E-state index in [0.717, 1.165) is 12.8 Å². The molecule has 4 nitrogen and oxygen atoms in total. The molecular formula is C15H29NO3. The zero-order valence-corrected chi connectivity index (χ0v) is 13.4. The van der Waals surface area contributed by atoms with Gasteiger partial charge in [0.25, 0.3) is 0 Å². The number of hydrogen-bond acceptors (Lipinski definition) is 3. The second-order valence-electron chi connectivity index (χ2n) is 7.26. The van der Waals surface area contributed by atoms with Crippen LogP contribution in [0, 0.1) is 5.41 Å². The van der Waals surface area contributed by atoms with Gasteiger partial charge in [0, 0.05) is 12.6 Å². The van der Waals surface area contributed by atoms with Gasteiger partial charge >= 0.3 is 6.09 Å². The SMILES string of the molecule is CCOC1CC[C@@H](C(C)(C)C)N1C(=O)OC(C)(C)C. The van der Waals surface area contributed by atoms with E-state index < -0.39 is 5.60 Å². The summed E-state index contributed by atoms with van der Waals surface area (Å²) in [6.07, 6.45) is 1.44. The molecule has 0 bridgehead atoms. The highest BCUT2D eigenvalue weighted by Crippen LogP contribution is 2.37.